The molecule has 3 aromatic rings. The molecule has 0 unspecified atom stereocenters. The molecule has 0 aliphatic heterocycles. The summed E-state index contributed by atoms with van der Waals surface area (Å²) in [5, 5.41) is 12.5. The molecule has 0 spiro atoms. The predicted molar refractivity (Wildman–Crippen MR) is 124 cm³/mol. The van der Waals surface area contributed by atoms with E-state index in [1.165, 1.54) is 17.3 Å². The standard InChI is InChI=1S/C23H29N5OS/c1-5-13-28-22(19-8-6-7-17(2)14-19)25-26-23(28)30-16-21(29)24-15-18-9-11-20(12-10-18)27(3)4/h6-12,14H,5,13,15-16H2,1-4H3,(H,24,29). The van der Waals surface area contributed by atoms with Crippen LogP contribution in [0.4, 0.5) is 5.69 Å². The van der Waals surface area contributed by atoms with Crippen LogP contribution < -0.4 is 10.2 Å². The number of hydrogen-bond acceptors (Lipinski definition) is 5. The summed E-state index contributed by atoms with van der Waals surface area (Å²) < 4.78 is 2.10. The van der Waals surface area contributed by atoms with E-state index in [2.05, 4.69) is 63.1 Å². The Morgan fingerprint density at radius 1 is 1.13 bits per heavy atom. The van der Waals surface area contributed by atoms with E-state index in [-0.39, 0.29) is 5.91 Å². The average Bonchev–Trinajstić information content (AvgIpc) is 3.14. The summed E-state index contributed by atoms with van der Waals surface area (Å²) in [5.74, 6) is 1.15. The number of aryl methyl sites for hydroxylation is 1. The van der Waals surface area contributed by atoms with Crippen LogP contribution in [0.3, 0.4) is 0 Å². The molecule has 1 aromatic heterocycles. The quantitative estimate of drug-likeness (QED) is 0.524. The fraction of sp³-hybridized carbons (Fsp3) is 0.348. The van der Waals surface area contributed by atoms with Gasteiger partial charge in [0.15, 0.2) is 11.0 Å². The van der Waals surface area contributed by atoms with Crippen molar-refractivity contribution in [1.82, 2.24) is 20.1 Å². The summed E-state index contributed by atoms with van der Waals surface area (Å²) in [6.07, 6.45) is 0.972. The van der Waals surface area contributed by atoms with E-state index in [1.807, 2.05) is 38.4 Å². The molecule has 0 saturated heterocycles. The number of nitrogens with one attached hydrogen (secondary N) is 1. The summed E-state index contributed by atoms with van der Waals surface area (Å²) in [7, 11) is 4.02. The first kappa shape index (κ1) is 21.9. The summed E-state index contributed by atoms with van der Waals surface area (Å²) in [6.45, 7) is 5.53. The van der Waals surface area contributed by atoms with Gasteiger partial charge in [-0.1, -0.05) is 54.6 Å². The molecule has 158 valence electrons. The molecule has 0 fully saturated rings. The van der Waals surface area contributed by atoms with Gasteiger partial charge in [-0.3, -0.25) is 4.79 Å². The smallest absolute Gasteiger partial charge is 0.230 e. The lowest BCUT2D eigenvalue weighted by Gasteiger charge is -2.13. The van der Waals surface area contributed by atoms with E-state index in [9.17, 15) is 4.79 Å². The van der Waals surface area contributed by atoms with Crippen LogP contribution >= 0.6 is 11.8 Å². The number of amides is 1. The van der Waals surface area contributed by atoms with Crippen molar-refractivity contribution < 1.29 is 4.79 Å². The molecule has 3 rings (SSSR count). The van der Waals surface area contributed by atoms with Crippen molar-refractivity contribution >= 4 is 23.4 Å². The highest BCUT2D eigenvalue weighted by molar-refractivity contribution is 7.99. The topological polar surface area (TPSA) is 63.1 Å². The Morgan fingerprint density at radius 3 is 2.57 bits per heavy atom. The molecule has 0 bridgehead atoms. The molecular weight excluding hydrogens is 394 g/mol. The van der Waals surface area contributed by atoms with Crippen molar-refractivity contribution in [3.63, 3.8) is 0 Å². The highest BCUT2D eigenvalue weighted by Gasteiger charge is 2.15. The number of hydrogen-bond donors (Lipinski definition) is 1. The first-order valence-electron chi connectivity index (χ1n) is 10.1. The number of carbonyl (C=O) groups is 1. The third-order valence-corrected chi connectivity index (χ3v) is 5.68. The van der Waals surface area contributed by atoms with E-state index in [0.29, 0.717) is 12.3 Å². The number of aromatic nitrogens is 3. The number of carbonyl (C=O) groups excluding carboxylic acids is 1. The highest BCUT2D eigenvalue weighted by atomic mass is 32.2. The molecule has 0 atom stereocenters. The minimum Gasteiger partial charge on any atom is -0.378 e. The zero-order valence-electron chi connectivity index (χ0n) is 18.1. The van der Waals surface area contributed by atoms with Gasteiger partial charge in [0.05, 0.1) is 5.75 Å². The maximum atomic E-state index is 12.4. The Kier molecular flexibility index (Phi) is 7.52. The van der Waals surface area contributed by atoms with Gasteiger partial charge in [-0.25, -0.2) is 0 Å². The second-order valence-corrected chi connectivity index (χ2v) is 8.40. The summed E-state index contributed by atoms with van der Waals surface area (Å²) >= 11 is 1.43. The van der Waals surface area contributed by atoms with E-state index in [1.54, 1.807) is 0 Å². The van der Waals surface area contributed by atoms with Crippen LogP contribution in [0, 0.1) is 6.92 Å². The van der Waals surface area contributed by atoms with Gasteiger partial charge >= 0.3 is 0 Å². The van der Waals surface area contributed by atoms with Gasteiger partial charge in [-0.2, -0.15) is 0 Å². The van der Waals surface area contributed by atoms with E-state index in [4.69, 9.17) is 0 Å². The zero-order valence-corrected chi connectivity index (χ0v) is 18.9. The molecule has 30 heavy (non-hydrogen) atoms. The third kappa shape index (κ3) is 5.63. The first-order valence-corrected chi connectivity index (χ1v) is 11.1. The van der Waals surface area contributed by atoms with Crippen LogP contribution in [0.2, 0.25) is 0 Å². The maximum absolute atomic E-state index is 12.4. The van der Waals surface area contributed by atoms with E-state index in [0.717, 1.165) is 40.8 Å². The number of thioether (sulfide) groups is 1. The SMILES string of the molecule is CCCn1c(SCC(=O)NCc2ccc(N(C)C)cc2)nnc1-c1cccc(C)c1. The second kappa shape index (κ2) is 10.3. The van der Waals surface area contributed by atoms with Crippen molar-refractivity contribution in [2.45, 2.75) is 38.5 Å². The second-order valence-electron chi connectivity index (χ2n) is 7.45. The molecule has 0 aliphatic carbocycles. The van der Waals surface area contributed by atoms with Crippen molar-refractivity contribution in [2.75, 3.05) is 24.7 Å². The van der Waals surface area contributed by atoms with Crippen molar-refractivity contribution in [3.8, 4) is 11.4 Å². The third-order valence-electron chi connectivity index (χ3n) is 4.72. The molecule has 2 aromatic carbocycles. The Morgan fingerprint density at radius 2 is 1.90 bits per heavy atom. The van der Waals surface area contributed by atoms with Crippen LogP contribution in [-0.4, -0.2) is 40.5 Å². The number of benzene rings is 2. The lowest BCUT2D eigenvalue weighted by molar-refractivity contribution is -0.118. The van der Waals surface area contributed by atoms with Gasteiger partial charge in [0, 0.05) is 38.4 Å². The minimum absolute atomic E-state index is 0.0140. The van der Waals surface area contributed by atoms with Gasteiger partial charge in [0.2, 0.25) is 5.91 Å². The van der Waals surface area contributed by atoms with E-state index >= 15 is 0 Å². The Bertz CT molecular complexity index is 982. The number of rotatable bonds is 9. The van der Waals surface area contributed by atoms with Crippen molar-refractivity contribution in [1.29, 1.82) is 0 Å². The molecule has 0 aliphatic rings. The fourth-order valence-corrected chi connectivity index (χ4v) is 3.91. The van der Waals surface area contributed by atoms with Gasteiger partial charge in [0.1, 0.15) is 0 Å². The molecule has 6 nitrogen and oxygen atoms in total. The number of nitrogens with zero attached hydrogens (tertiary/aromatic N) is 4. The van der Waals surface area contributed by atoms with Gasteiger partial charge in [0.25, 0.3) is 0 Å². The minimum atomic E-state index is -0.0140. The Balaban J connectivity index is 1.60. The Labute approximate surface area is 182 Å². The lowest BCUT2D eigenvalue weighted by atomic mass is 10.1. The monoisotopic (exact) mass is 423 g/mol. The van der Waals surface area contributed by atoms with Crippen LogP contribution in [0.1, 0.15) is 24.5 Å². The van der Waals surface area contributed by atoms with Gasteiger partial charge in [-0.15, -0.1) is 10.2 Å². The largest absolute Gasteiger partial charge is 0.378 e. The van der Waals surface area contributed by atoms with Gasteiger partial charge < -0.3 is 14.8 Å². The molecule has 1 N–H and O–H groups in total. The van der Waals surface area contributed by atoms with Crippen molar-refractivity contribution in [2.24, 2.45) is 0 Å². The van der Waals surface area contributed by atoms with Gasteiger partial charge in [-0.05, 0) is 37.1 Å². The molecule has 1 heterocycles. The van der Waals surface area contributed by atoms with Crippen LogP contribution in [0.15, 0.2) is 53.7 Å². The zero-order chi connectivity index (χ0) is 21.5. The lowest BCUT2D eigenvalue weighted by Crippen LogP contribution is -2.24. The summed E-state index contributed by atoms with van der Waals surface area (Å²) in [4.78, 5) is 14.4. The van der Waals surface area contributed by atoms with Crippen molar-refractivity contribution in [3.05, 3.63) is 59.7 Å². The van der Waals surface area contributed by atoms with Crippen LogP contribution in [0.5, 0.6) is 0 Å². The molecule has 0 radical (unpaired) electrons. The van der Waals surface area contributed by atoms with E-state index < -0.39 is 0 Å². The average molecular weight is 424 g/mol. The maximum Gasteiger partial charge on any atom is 0.230 e. The number of anilines is 1. The highest BCUT2D eigenvalue weighted by Crippen LogP contribution is 2.25. The predicted octanol–water partition coefficient (Wildman–Crippen LogP) is 4.14. The van der Waals surface area contributed by atoms with Crippen LogP contribution in [0.25, 0.3) is 11.4 Å². The first-order chi connectivity index (χ1) is 14.5. The molecule has 1 amide bonds. The Hall–Kier alpha value is -2.80. The summed E-state index contributed by atoms with van der Waals surface area (Å²) in [5.41, 5.74) is 4.45. The van der Waals surface area contributed by atoms with Crippen LogP contribution in [-0.2, 0) is 17.9 Å². The molecular formula is C23H29N5OS. The molecule has 7 heteroatoms. The normalized spacial score (nSPS) is 10.8. The summed E-state index contributed by atoms with van der Waals surface area (Å²) in [6, 6.07) is 16.4. The molecule has 0 saturated carbocycles. The fourth-order valence-electron chi connectivity index (χ4n) is 3.11.